The van der Waals surface area contributed by atoms with E-state index >= 15 is 0 Å². The van der Waals surface area contributed by atoms with Gasteiger partial charge < -0.3 is 15.0 Å². The zero-order chi connectivity index (χ0) is 28.6. The van der Waals surface area contributed by atoms with Gasteiger partial charge in [-0.1, -0.05) is 60.7 Å². The van der Waals surface area contributed by atoms with Crippen LogP contribution in [-0.2, 0) is 32.6 Å². The van der Waals surface area contributed by atoms with Crippen molar-refractivity contribution >= 4 is 27.5 Å². The monoisotopic (exact) mass is 551 g/mol. The van der Waals surface area contributed by atoms with Crippen LogP contribution < -0.4 is 14.4 Å². The molecule has 8 nitrogen and oxygen atoms in total. The summed E-state index contributed by atoms with van der Waals surface area (Å²) in [7, 11) is -2.31. The van der Waals surface area contributed by atoms with Gasteiger partial charge in [0.05, 0.1) is 19.1 Å². The highest BCUT2D eigenvalue weighted by atomic mass is 32.2. The standard InChI is InChI=1S/C30H37N3O5S/c1-30(2,3)31-29(35)27(20-23-12-8-6-9-13-23)32(21-24-14-10-7-11-15-24)28(34)22-33(39(5,36)37)25-16-18-26(38-4)19-17-25/h6-19,27H,20-22H2,1-5H3,(H,31,35)/t27-/m0/s1. The Morgan fingerprint density at radius 3 is 1.90 bits per heavy atom. The van der Waals surface area contributed by atoms with Crippen LogP contribution in [0, 0.1) is 0 Å². The molecule has 1 atom stereocenters. The Balaban J connectivity index is 2.04. The van der Waals surface area contributed by atoms with Crippen LogP contribution in [0.4, 0.5) is 5.69 Å². The molecule has 9 heteroatoms. The van der Waals surface area contributed by atoms with Crippen molar-refractivity contribution in [3.05, 3.63) is 96.1 Å². The lowest BCUT2D eigenvalue weighted by Gasteiger charge is -2.35. The number of nitrogens with zero attached hydrogens (tertiary/aromatic N) is 2. The van der Waals surface area contributed by atoms with Crippen LogP contribution >= 0.6 is 0 Å². The second kappa shape index (κ2) is 12.8. The highest BCUT2D eigenvalue weighted by Gasteiger charge is 2.34. The van der Waals surface area contributed by atoms with Crippen LogP contribution in [0.5, 0.6) is 5.75 Å². The van der Waals surface area contributed by atoms with Gasteiger partial charge in [0.15, 0.2) is 0 Å². The number of benzene rings is 3. The molecule has 3 aromatic rings. The summed E-state index contributed by atoms with van der Waals surface area (Å²) in [5.41, 5.74) is 1.50. The van der Waals surface area contributed by atoms with Gasteiger partial charge in [0.1, 0.15) is 18.3 Å². The molecule has 208 valence electrons. The Bertz CT molecular complexity index is 1340. The van der Waals surface area contributed by atoms with E-state index in [-0.39, 0.29) is 18.9 Å². The summed E-state index contributed by atoms with van der Waals surface area (Å²) in [4.78, 5) is 29.2. The number of sulfonamides is 1. The summed E-state index contributed by atoms with van der Waals surface area (Å²) in [6, 6.07) is 24.4. The Kier molecular flexibility index (Phi) is 9.75. The minimum Gasteiger partial charge on any atom is -0.497 e. The minimum atomic E-state index is -3.83. The molecular formula is C30H37N3O5S. The average molecular weight is 552 g/mol. The van der Waals surface area contributed by atoms with E-state index in [1.54, 1.807) is 24.3 Å². The van der Waals surface area contributed by atoms with Crippen molar-refractivity contribution < 1.29 is 22.7 Å². The van der Waals surface area contributed by atoms with Crippen molar-refractivity contribution in [3.63, 3.8) is 0 Å². The molecule has 0 fully saturated rings. The van der Waals surface area contributed by atoms with Gasteiger partial charge in [0.2, 0.25) is 21.8 Å². The number of nitrogens with one attached hydrogen (secondary N) is 1. The summed E-state index contributed by atoms with van der Waals surface area (Å²) in [5, 5.41) is 3.01. The second-order valence-electron chi connectivity index (χ2n) is 10.4. The second-order valence-corrected chi connectivity index (χ2v) is 12.3. The maximum atomic E-state index is 14.0. The minimum absolute atomic E-state index is 0.134. The number of hydrogen-bond donors (Lipinski definition) is 1. The van der Waals surface area contributed by atoms with Gasteiger partial charge in [0, 0.05) is 18.5 Å². The molecule has 3 aromatic carbocycles. The number of methoxy groups -OCH3 is 1. The van der Waals surface area contributed by atoms with E-state index in [0.717, 1.165) is 21.7 Å². The summed E-state index contributed by atoms with van der Waals surface area (Å²) >= 11 is 0. The van der Waals surface area contributed by atoms with Crippen LogP contribution in [0.15, 0.2) is 84.9 Å². The van der Waals surface area contributed by atoms with Crippen LogP contribution in [0.1, 0.15) is 31.9 Å². The lowest BCUT2D eigenvalue weighted by molar-refractivity contribution is -0.140. The zero-order valence-corrected chi connectivity index (χ0v) is 23.9. The largest absolute Gasteiger partial charge is 0.497 e. The fourth-order valence-corrected chi connectivity index (χ4v) is 5.00. The van der Waals surface area contributed by atoms with Gasteiger partial charge in [-0.3, -0.25) is 13.9 Å². The van der Waals surface area contributed by atoms with Crippen molar-refractivity contribution in [2.75, 3.05) is 24.2 Å². The molecule has 0 aliphatic rings. The molecule has 3 rings (SSSR count). The van der Waals surface area contributed by atoms with Crippen molar-refractivity contribution in [1.82, 2.24) is 10.2 Å². The fraction of sp³-hybridized carbons (Fsp3) is 0.333. The zero-order valence-electron chi connectivity index (χ0n) is 23.1. The third-order valence-corrected chi connectivity index (χ3v) is 7.15. The molecule has 0 saturated carbocycles. The molecule has 0 unspecified atom stereocenters. The predicted molar refractivity (Wildman–Crippen MR) is 154 cm³/mol. The van der Waals surface area contributed by atoms with Gasteiger partial charge in [-0.15, -0.1) is 0 Å². The Morgan fingerprint density at radius 2 is 1.41 bits per heavy atom. The fourth-order valence-electron chi connectivity index (χ4n) is 4.15. The SMILES string of the molecule is COc1ccc(N(CC(=O)N(Cc2ccccc2)[C@@H](Cc2ccccc2)C(=O)NC(C)(C)C)S(C)(=O)=O)cc1. The normalized spacial score (nSPS) is 12.3. The lowest BCUT2D eigenvalue weighted by atomic mass is 10.0. The number of anilines is 1. The summed E-state index contributed by atoms with van der Waals surface area (Å²) in [6.45, 7) is 5.30. The molecule has 0 aliphatic heterocycles. The van der Waals surface area contributed by atoms with Gasteiger partial charge in [-0.05, 0) is 56.2 Å². The molecule has 2 amide bonds. The van der Waals surface area contributed by atoms with Crippen LogP contribution in [0.3, 0.4) is 0 Å². The molecular weight excluding hydrogens is 514 g/mol. The molecule has 0 radical (unpaired) electrons. The topological polar surface area (TPSA) is 96.0 Å². The van der Waals surface area contributed by atoms with E-state index in [2.05, 4.69) is 5.32 Å². The van der Waals surface area contributed by atoms with Crippen molar-refractivity contribution in [2.24, 2.45) is 0 Å². The van der Waals surface area contributed by atoms with Gasteiger partial charge >= 0.3 is 0 Å². The molecule has 0 bridgehead atoms. The van der Waals surface area contributed by atoms with E-state index in [9.17, 15) is 18.0 Å². The van der Waals surface area contributed by atoms with E-state index in [1.165, 1.54) is 12.0 Å². The predicted octanol–water partition coefficient (Wildman–Crippen LogP) is 4.02. The number of hydrogen-bond acceptors (Lipinski definition) is 5. The first-order valence-electron chi connectivity index (χ1n) is 12.7. The number of carbonyl (C=O) groups excluding carboxylic acids is 2. The van der Waals surface area contributed by atoms with Gasteiger partial charge in [-0.25, -0.2) is 8.42 Å². The first kappa shape index (κ1) is 29.7. The number of amides is 2. The van der Waals surface area contributed by atoms with E-state index < -0.39 is 34.1 Å². The first-order chi connectivity index (χ1) is 18.4. The van der Waals surface area contributed by atoms with Gasteiger partial charge in [0.25, 0.3) is 0 Å². The van der Waals surface area contributed by atoms with Crippen LogP contribution in [-0.4, -0.2) is 56.6 Å². The lowest BCUT2D eigenvalue weighted by Crippen LogP contribution is -2.56. The first-order valence-corrected chi connectivity index (χ1v) is 14.5. The number of ether oxygens (including phenoxy) is 1. The molecule has 0 aliphatic carbocycles. The maximum absolute atomic E-state index is 14.0. The number of carbonyl (C=O) groups is 2. The summed E-state index contributed by atoms with van der Waals surface area (Å²) < 4.78 is 31.9. The van der Waals surface area contributed by atoms with Crippen molar-refractivity contribution in [1.29, 1.82) is 0 Å². The Labute approximate surface area is 231 Å². The average Bonchev–Trinajstić information content (AvgIpc) is 2.88. The van der Waals surface area contributed by atoms with Crippen LogP contribution in [0.25, 0.3) is 0 Å². The highest BCUT2D eigenvalue weighted by molar-refractivity contribution is 7.92. The molecule has 0 spiro atoms. The molecule has 0 aromatic heterocycles. The third-order valence-electron chi connectivity index (χ3n) is 6.00. The van der Waals surface area contributed by atoms with Gasteiger partial charge in [-0.2, -0.15) is 0 Å². The Hall–Kier alpha value is -3.85. The van der Waals surface area contributed by atoms with Crippen molar-refractivity contribution in [3.8, 4) is 5.75 Å². The smallest absolute Gasteiger partial charge is 0.244 e. The molecule has 0 heterocycles. The third kappa shape index (κ3) is 8.85. The number of rotatable bonds is 11. The van der Waals surface area contributed by atoms with E-state index in [4.69, 9.17) is 4.74 Å². The molecule has 39 heavy (non-hydrogen) atoms. The van der Waals surface area contributed by atoms with Crippen LogP contribution in [0.2, 0.25) is 0 Å². The van der Waals surface area contributed by atoms with E-state index in [0.29, 0.717) is 11.4 Å². The Morgan fingerprint density at radius 1 is 0.872 bits per heavy atom. The molecule has 0 saturated heterocycles. The molecule has 1 N–H and O–H groups in total. The quantitative estimate of drug-likeness (QED) is 0.389. The summed E-state index contributed by atoms with van der Waals surface area (Å²) in [5.74, 6) is -0.248. The van der Waals surface area contributed by atoms with E-state index in [1.807, 2.05) is 81.4 Å². The highest BCUT2D eigenvalue weighted by Crippen LogP contribution is 2.23. The summed E-state index contributed by atoms with van der Waals surface area (Å²) in [6.07, 6.45) is 1.32. The maximum Gasteiger partial charge on any atom is 0.244 e. The van der Waals surface area contributed by atoms with Crippen molar-refractivity contribution in [2.45, 2.75) is 45.3 Å².